The maximum absolute atomic E-state index is 13.5. The number of amides is 1. The molecule has 1 atom stereocenters. The predicted octanol–water partition coefficient (Wildman–Crippen LogP) is 2.25. The molecule has 1 unspecified atom stereocenters. The number of benzene rings is 1. The van der Waals surface area contributed by atoms with Crippen molar-refractivity contribution in [3.8, 4) is 0 Å². The highest BCUT2D eigenvalue weighted by Crippen LogP contribution is 2.10. The first-order chi connectivity index (χ1) is 10.6. The zero-order chi connectivity index (χ0) is 15.9. The summed E-state index contributed by atoms with van der Waals surface area (Å²) in [4.78, 5) is 14.4. The normalized spacial score (nSPS) is 17.1. The van der Waals surface area contributed by atoms with Crippen LogP contribution in [0.4, 0.5) is 4.39 Å². The van der Waals surface area contributed by atoms with E-state index < -0.39 is 0 Å². The second-order valence-corrected chi connectivity index (χ2v) is 5.98. The van der Waals surface area contributed by atoms with Crippen molar-refractivity contribution >= 4 is 18.3 Å². The molecule has 1 fully saturated rings. The summed E-state index contributed by atoms with van der Waals surface area (Å²) in [5.74, 6) is -0.224. The number of nitrogens with zero attached hydrogens (tertiary/aromatic N) is 1. The van der Waals surface area contributed by atoms with E-state index in [-0.39, 0.29) is 24.1 Å². The minimum Gasteiger partial charge on any atom is -0.351 e. The van der Waals surface area contributed by atoms with E-state index in [0.717, 1.165) is 38.0 Å². The lowest BCUT2D eigenvalue weighted by atomic mass is 10.1. The number of hydrogen-bond donors (Lipinski definition) is 2. The first kappa shape index (κ1) is 19.9. The monoisotopic (exact) mass is 343 g/mol. The van der Waals surface area contributed by atoms with Gasteiger partial charge in [0.25, 0.3) is 0 Å². The van der Waals surface area contributed by atoms with Gasteiger partial charge < -0.3 is 10.6 Å². The minimum atomic E-state index is -0.226. The highest BCUT2D eigenvalue weighted by molar-refractivity contribution is 5.85. The Morgan fingerprint density at radius 1 is 1.48 bits per heavy atom. The standard InChI is InChI=1S/C17H26FN3O.ClH/c1-3-8-21(15-6-7-19-11-15)12-17(22)20-10-14-5-4-13(2)16(18)9-14;/h4-5,9,15,19H,3,6-8,10-12H2,1-2H3,(H,20,22);1H. The lowest BCUT2D eigenvalue weighted by Gasteiger charge is -2.27. The van der Waals surface area contributed by atoms with Crippen molar-refractivity contribution in [2.24, 2.45) is 0 Å². The number of carbonyl (C=O) groups is 1. The Bertz CT molecular complexity index is 507. The zero-order valence-electron chi connectivity index (χ0n) is 13.9. The second kappa shape index (κ2) is 9.85. The van der Waals surface area contributed by atoms with Crippen molar-refractivity contribution in [1.82, 2.24) is 15.5 Å². The minimum absolute atomic E-state index is 0. The molecule has 23 heavy (non-hydrogen) atoms. The summed E-state index contributed by atoms with van der Waals surface area (Å²) in [6, 6.07) is 5.52. The van der Waals surface area contributed by atoms with Gasteiger partial charge in [0.15, 0.2) is 0 Å². The SMILES string of the molecule is CCCN(CC(=O)NCc1ccc(C)c(F)c1)C1CCNC1.Cl. The van der Waals surface area contributed by atoms with E-state index in [0.29, 0.717) is 24.7 Å². The van der Waals surface area contributed by atoms with E-state index in [1.807, 2.05) is 6.07 Å². The first-order valence-electron chi connectivity index (χ1n) is 8.06. The molecule has 1 heterocycles. The molecule has 0 aliphatic carbocycles. The average molecular weight is 344 g/mol. The van der Waals surface area contributed by atoms with E-state index in [9.17, 15) is 9.18 Å². The molecule has 4 nitrogen and oxygen atoms in total. The number of hydrogen-bond acceptors (Lipinski definition) is 3. The van der Waals surface area contributed by atoms with Crippen molar-refractivity contribution < 1.29 is 9.18 Å². The van der Waals surface area contributed by atoms with Crippen LogP contribution in [0.1, 0.15) is 30.9 Å². The van der Waals surface area contributed by atoms with Gasteiger partial charge in [-0.1, -0.05) is 19.1 Å². The van der Waals surface area contributed by atoms with Crippen LogP contribution in [0.2, 0.25) is 0 Å². The molecule has 1 aromatic carbocycles. The van der Waals surface area contributed by atoms with Crippen LogP contribution in [0.5, 0.6) is 0 Å². The molecule has 6 heteroatoms. The topological polar surface area (TPSA) is 44.4 Å². The molecule has 1 aromatic rings. The van der Waals surface area contributed by atoms with Gasteiger partial charge in [0.05, 0.1) is 6.54 Å². The Labute approximate surface area is 144 Å². The summed E-state index contributed by atoms with van der Waals surface area (Å²) in [5, 5.41) is 6.23. The third kappa shape index (κ3) is 6.09. The average Bonchev–Trinajstić information content (AvgIpc) is 3.02. The summed E-state index contributed by atoms with van der Waals surface area (Å²) >= 11 is 0. The Kier molecular flexibility index (Phi) is 8.52. The fourth-order valence-electron chi connectivity index (χ4n) is 2.82. The number of rotatable bonds is 7. The summed E-state index contributed by atoms with van der Waals surface area (Å²) in [5.41, 5.74) is 1.42. The number of aryl methyl sites for hydroxylation is 1. The Morgan fingerprint density at radius 2 is 2.26 bits per heavy atom. The molecule has 1 aliphatic rings. The van der Waals surface area contributed by atoms with Gasteiger partial charge in [0.2, 0.25) is 5.91 Å². The van der Waals surface area contributed by atoms with Gasteiger partial charge in [-0.15, -0.1) is 12.4 Å². The highest BCUT2D eigenvalue weighted by Gasteiger charge is 2.23. The quantitative estimate of drug-likeness (QED) is 0.798. The summed E-state index contributed by atoms with van der Waals surface area (Å²) in [6.07, 6.45) is 2.13. The zero-order valence-corrected chi connectivity index (χ0v) is 14.7. The third-order valence-corrected chi connectivity index (χ3v) is 4.13. The van der Waals surface area contributed by atoms with Crippen LogP contribution in [-0.4, -0.2) is 43.0 Å². The highest BCUT2D eigenvalue weighted by atomic mass is 35.5. The predicted molar refractivity (Wildman–Crippen MR) is 93.4 cm³/mol. The van der Waals surface area contributed by atoms with Crippen molar-refractivity contribution in [1.29, 1.82) is 0 Å². The molecule has 1 aliphatic heterocycles. The maximum Gasteiger partial charge on any atom is 0.234 e. The molecule has 1 saturated heterocycles. The largest absolute Gasteiger partial charge is 0.351 e. The van der Waals surface area contributed by atoms with Crippen molar-refractivity contribution in [2.45, 2.75) is 39.3 Å². The van der Waals surface area contributed by atoms with E-state index in [2.05, 4.69) is 22.5 Å². The van der Waals surface area contributed by atoms with E-state index in [1.54, 1.807) is 13.0 Å². The van der Waals surface area contributed by atoms with Gasteiger partial charge >= 0.3 is 0 Å². The van der Waals surface area contributed by atoms with Crippen LogP contribution in [0.3, 0.4) is 0 Å². The molecule has 0 aromatic heterocycles. The van der Waals surface area contributed by atoms with Gasteiger partial charge in [0, 0.05) is 19.1 Å². The van der Waals surface area contributed by atoms with Gasteiger partial charge in [-0.25, -0.2) is 4.39 Å². The fourth-order valence-corrected chi connectivity index (χ4v) is 2.82. The molecule has 0 radical (unpaired) electrons. The number of carbonyl (C=O) groups excluding carboxylic acids is 1. The Morgan fingerprint density at radius 3 is 2.87 bits per heavy atom. The van der Waals surface area contributed by atoms with Crippen LogP contribution in [0, 0.1) is 12.7 Å². The molecule has 2 N–H and O–H groups in total. The second-order valence-electron chi connectivity index (χ2n) is 5.98. The molecule has 2 rings (SSSR count). The lowest BCUT2D eigenvalue weighted by molar-refractivity contribution is -0.122. The van der Waals surface area contributed by atoms with Crippen LogP contribution >= 0.6 is 12.4 Å². The smallest absolute Gasteiger partial charge is 0.234 e. The van der Waals surface area contributed by atoms with Gasteiger partial charge in [-0.3, -0.25) is 9.69 Å². The van der Waals surface area contributed by atoms with E-state index in [4.69, 9.17) is 0 Å². The summed E-state index contributed by atoms with van der Waals surface area (Å²) in [6.45, 7) is 7.55. The molecule has 0 spiro atoms. The van der Waals surface area contributed by atoms with Crippen molar-refractivity contribution in [3.05, 3.63) is 35.1 Å². The molecule has 0 bridgehead atoms. The van der Waals surface area contributed by atoms with Crippen LogP contribution in [-0.2, 0) is 11.3 Å². The molecule has 0 saturated carbocycles. The van der Waals surface area contributed by atoms with Crippen molar-refractivity contribution in [3.63, 3.8) is 0 Å². The Hall–Kier alpha value is -1.17. The van der Waals surface area contributed by atoms with Gasteiger partial charge in [-0.2, -0.15) is 0 Å². The lowest BCUT2D eigenvalue weighted by Crippen LogP contribution is -2.44. The summed E-state index contributed by atoms with van der Waals surface area (Å²) < 4.78 is 13.5. The Balaban J connectivity index is 0.00000264. The number of halogens is 2. The summed E-state index contributed by atoms with van der Waals surface area (Å²) in [7, 11) is 0. The number of nitrogens with one attached hydrogen (secondary N) is 2. The third-order valence-electron chi connectivity index (χ3n) is 4.13. The van der Waals surface area contributed by atoms with Crippen LogP contribution in [0.25, 0.3) is 0 Å². The molecule has 130 valence electrons. The van der Waals surface area contributed by atoms with Crippen LogP contribution in [0.15, 0.2) is 18.2 Å². The van der Waals surface area contributed by atoms with Crippen LogP contribution < -0.4 is 10.6 Å². The van der Waals surface area contributed by atoms with E-state index in [1.165, 1.54) is 6.07 Å². The van der Waals surface area contributed by atoms with E-state index >= 15 is 0 Å². The van der Waals surface area contributed by atoms with Gasteiger partial charge in [-0.05, 0) is 50.0 Å². The molecular formula is C17H27ClFN3O. The molecular weight excluding hydrogens is 317 g/mol. The van der Waals surface area contributed by atoms with Crippen molar-refractivity contribution in [2.75, 3.05) is 26.2 Å². The molecule has 1 amide bonds. The first-order valence-corrected chi connectivity index (χ1v) is 8.06. The van der Waals surface area contributed by atoms with Gasteiger partial charge in [0.1, 0.15) is 5.82 Å². The fraction of sp³-hybridized carbons (Fsp3) is 0.588. The maximum atomic E-state index is 13.5.